The standard InChI is InChI=1S/C8H15NO6/c10-4-1-9-3(5(11)6(4)12)2-15-8(14)7(9)13/h3-8,10-14H,1-2H2/t3-,4+,5-,6-,7?,8?/m1/s1. The number of piperidine rings is 1. The molecule has 88 valence electrons. The fourth-order valence-electron chi connectivity index (χ4n) is 2.06. The van der Waals surface area contributed by atoms with Gasteiger partial charge >= 0.3 is 0 Å². The number of fused-ring (bicyclic) bond motifs is 1. The molecule has 2 aliphatic rings. The van der Waals surface area contributed by atoms with Crippen molar-refractivity contribution in [3.63, 3.8) is 0 Å². The fourth-order valence-corrected chi connectivity index (χ4v) is 2.06. The molecule has 6 atom stereocenters. The van der Waals surface area contributed by atoms with Crippen LogP contribution in [0.25, 0.3) is 0 Å². The molecule has 0 saturated carbocycles. The first-order valence-corrected chi connectivity index (χ1v) is 4.80. The first kappa shape index (κ1) is 11.2. The SMILES string of the molecule is OC1OC[C@@H]2[C@@H](O)[C@H](O)[C@@H](O)CN2C1O. The maximum absolute atomic E-state index is 9.62. The monoisotopic (exact) mass is 221 g/mol. The van der Waals surface area contributed by atoms with Gasteiger partial charge < -0.3 is 30.3 Å². The minimum Gasteiger partial charge on any atom is -0.389 e. The van der Waals surface area contributed by atoms with E-state index in [1.54, 1.807) is 0 Å². The summed E-state index contributed by atoms with van der Waals surface area (Å²) in [5.74, 6) is 0. The Morgan fingerprint density at radius 3 is 2.33 bits per heavy atom. The lowest BCUT2D eigenvalue weighted by atomic mass is 9.93. The van der Waals surface area contributed by atoms with Crippen LogP contribution in [0.5, 0.6) is 0 Å². The van der Waals surface area contributed by atoms with Gasteiger partial charge in [0.2, 0.25) is 0 Å². The minimum absolute atomic E-state index is 0.00315. The molecule has 15 heavy (non-hydrogen) atoms. The highest BCUT2D eigenvalue weighted by molar-refractivity contribution is 4.97. The number of rotatable bonds is 0. The number of nitrogens with zero attached hydrogens (tertiary/aromatic N) is 1. The average Bonchev–Trinajstić information content (AvgIpc) is 2.21. The van der Waals surface area contributed by atoms with Crippen molar-refractivity contribution in [3.8, 4) is 0 Å². The van der Waals surface area contributed by atoms with Crippen molar-refractivity contribution in [2.75, 3.05) is 13.2 Å². The normalized spacial score (nSPS) is 52.6. The molecule has 2 unspecified atom stereocenters. The summed E-state index contributed by atoms with van der Waals surface area (Å²) in [5.41, 5.74) is 0. The van der Waals surface area contributed by atoms with Crippen LogP contribution in [0.4, 0.5) is 0 Å². The predicted octanol–water partition coefficient (Wildman–Crippen LogP) is -3.58. The van der Waals surface area contributed by atoms with Gasteiger partial charge in [-0.25, -0.2) is 0 Å². The van der Waals surface area contributed by atoms with Gasteiger partial charge in [-0.3, -0.25) is 4.90 Å². The number of aliphatic hydroxyl groups is 5. The van der Waals surface area contributed by atoms with Gasteiger partial charge in [-0.2, -0.15) is 0 Å². The maximum Gasteiger partial charge on any atom is 0.195 e. The summed E-state index contributed by atoms with van der Waals surface area (Å²) in [6.07, 6.45) is -6.24. The molecule has 0 aromatic heterocycles. The van der Waals surface area contributed by atoms with E-state index >= 15 is 0 Å². The van der Waals surface area contributed by atoms with Gasteiger partial charge in [-0.15, -0.1) is 0 Å². The van der Waals surface area contributed by atoms with Crippen LogP contribution in [-0.4, -0.2) is 80.5 Å². The molecule has 0 bridgehead atoms. The van der Waals surface area contributed by atoms with Gasteiger partial charge in [-0.1, -0.05) is 0 Å². The molecule has 2 saturated heterocycles. The number of ether oxygens (including phenoxy) is 1. The number of morpholine rings is 1. The number of hydrogen-bond donors (Lipinski definition) is 5. The summed E-state index contributed by atoms with van der Waals surface area (Å²) in [6.45, 7) is -0.00630. The molecule has 0 aromatic carbocycles. The molecular weight excluding hydrogens is 206 g/mol. The quantitative estimate of drug-likeness (QED) is 0.287. The van der Waals surface area contributed by atoms with Crippen molar-refractivity contribution in [3.05, 3.63) is 0 Å². The first-order chi connectivity index (χ1) is 7.02. The molecule has 0 amide bonds. The van der Waals surface area contributed by atoms with Crippen LogP contribution < -0.4 is 0 Å². The van der Waals surface area contributed by atoms with E-state index in [0.29, 0.717) is 0 Å². The summed E-state index contributed by atoms with van der Waals surface area (Å²) >= 11 is 0. The zero-order chi connectivity index (χ0) is 11.2. The summed E-state index contributed by atoms with van der Waals surface area (Å²) in [4.78, 5) is 1.33. The van der Waals surface area contributed by atoms with Gasteiger partial charge in [0.1, 0.15) is 12.2 Å². The smallest absolute Gasteiger partial charge is 0.195 e. The topological polar surface area (TPSA) is 114 Å². The van der Waals surface area contributed by atoms with Gasteiger partial charge in [-0.05, 0) is 0 Å². The van der Waals surface area contributed by atoms with E-state index in [-0.39, 0.29) is 13.2 Å². The van der Waals surface area contributed by atoms with Crippen molar-refractivity contribution in [1.82, 2.24) is 4.90 Å². The van der Waals surface area contributed by atoms with Crippen molar-refractivity contribution < 1.29 is 30.3 Å². The van der Waals surface area contributed by atoms with E-state index in [1.807, 2.05) is 0 Å². The van der Waals surface area contributed by atoms with Gasteiger partial charge in [0.15, 0.2) is 12.5 Å². The van der Waals surface area contributed by atoms with Crippen molar-refractivity contribution in [2.24, 2.45) is 0 Å². The minimum atomic E-state index is -1.35. The molecule has 2 aliphatic heterocycles. The second-order valence-electron chi connectivity index (χ2n) is 3.95. The largest absolute Gasteiger partial charge is 0.389 e. The molecule has 0 aromatic rings. The average molecular weight is 221 g/mol. The molecule has 7 heteroatoms. The van der Waals surface area contributed by atoms with Crippen molar-refractivity contribution >= 4 is 0 Å². The second kappa shape index (κ2) is 3.95. The Bertz CT molecular complexity index is 239. The Kier molecular flexibility index (Phi) is 2.95. The van der Waals surface area contributed by atoms with Crippen LogP contribution in [0.15, 0.2) is 0 Å². The third-order valence-electron chi connectivity index (χ3n) is 2.99. The Hall–Kier alpha value is -0.280. The third kappa shape index (κ3) is 1.76. The van der Waals surface area contributed by atoms with E-state index in [1.165, 1.54) is 4.90 Å². The number of hydrogen-bond acceptors (Lipinski definition) is 7. The van der Waals surface area contributed by atoms with Crippen LogP contribution in [0.2, 0.25) is 0 Å². The highest BCUT2D eigenvalue weighted by Gasteiger charge is 2.48. The molecule has 2 rings (SSSR count). The van der Waals surface area contributed by atoms with Gasteiger partial charge in [0, 0.05) is 6.54 Å². The van der Waals surface area contributed by atoms with Crippen LogP contribution in [0.3, 0.4) is 0 Å². The van der Waals surface area contributed by atoms with Gasteiger partial charge in [0.05, 0.1) is 18.8 Å². The predicted molar refractivity (Wildman–Crippen MR) is 46.5 cm³/mol. The lowest BCUT2D eigenvalue weighted by Crippen LogP contribution is -2.69. The van der Waals surface area contributed by atoms with E-state index in [0.717, 1.165) is 0 Å². The Morgan fingerprint density at radius 1 is 1.00 bits per heavy atom. The molecule has 0 radical (unpaired) electrons. The number of aliphatic hydroxyl groups excluding tert-OH is 5. The molecule has 0 aliphatic carbocycles. The lowest BCUT2D eigenvalue weighted by Gasteiger charge is -2.49. The van der Waals surface area contributed by atoms with E-state index in [9.17, 15) is 25.5 Å². The Morgan fingerprint density at radius 2 is 1.67 bits per heavy atom. The summed E-state index contributed by atoms with van der Waals surface area (Å²) in [7, 11) is 0. The van der Waals surface area contributed by atoms with Crippen molar-refractivity contribution in [2.45, 2.75) is 36.9 Å². The van der Waals surface area contributed by atoms with Crippen LogP contribution in [0.1, 0.15) is 0 Å². The molecule has 7 nitrogen and oxygen atoms in total. The van der Waals surface area contributed by atoms with Crippen LogP contribution in [-0.2, 0) is 4.74 Å². The molecule has 5 N–H and O–H groups in total. The van der Waals surface area contributed by atoms with Crippen molar-refractivity contribution in [1.29, 1.82) is 0 Å². The highest BCUT2D eigenvalue weighted by Crippen LogP contribution is 2.25. The first-order valence-electron chi connectivity index (χ1n) is 4.80. The zero-order valence-electron chi connectivity index (χ0n) is 7.97. The Labute approximate surface area is 86.1 Å². The maximum atomic E-state index is 9.62. The summed E-state index contributed by atoms with van der Waals surface area (Å²) in [6, 6.07) is -0.609. The van der Waals surface area contributed by atoms with Crippen LogP contribution >= 0.6 is 0 Å². The molecule has 2 heterocycles. The second-order valence-corrected chi connectivity index (χ2v) is 3.95. The highest BCUT2D eigenvalue weighted by atomic mass is 16.6. The van der Waals surface area contributed by atoms with E-state index < -0.39 is 36.9 Å². The zero-order valence-corrected chi connectivity index (χ0v) is 7.97. The fraction of sp³-hybridized carbons (Fsp3) is 1.00. The lowest BCUT2D eigenvalue weighted by molar-refractivity contribution is -0.291. The summed E-state index contributed by atoms with van der Waals surface area (Å²) in [5, 5.41) is 47.2. The van der Waals surface area contributed by atoms with Gasteiger partial charge in [0.25, 0.3) is 0 Å². The van der Waals surface area contributed by atoms with Crippen LogP contribution in [0, 0.1) is 0 Å². The molecular formula is C8H15NO6. The van der Waals surface area contributed by atoms with E-state index in [2.05, 4.69) is 0 Å². The Balaban J connectivity index is 2.15. The molecule has 0 spiro atoms. The third-order valence-corrected chi connectivity index (χ3v) is 2.99. The van der Waals surface area contributed by atoms with E-state index in [4.69, 9.17) is 4.74 Å². The molecule has 2 fully saturated rings. The summed E-state index contributed by atoms with van der Waals surface area (Å²) < 4.78 is 4.82.